The Labute approximate surface area is 91.3 Å². The summed E-state index contributed by atoms with van der Waals surface area (Å²) >= 11 is 0. The van der Waals surface area contributed by atoms with Gasteiger partial charge in [0.05, 0.1) is 18.1 Å². The first-order valence-corrected chi connectivity index (χ1v) is 5.85. The second kappa shape index (κ2) is 4.01. The lowest BCUT2D eigenvalue weighted by Crippen LogP contribution is -2.34. The van der Waals surface area contributed by atoms with Crippen molar-refractivity contribution in [1.82, 2.24) is 0 Å². The van der Waals surface area contributed by atoms with Crippen LogP contribution >= 0.6 is 0 Å². The molecule has 1 N–H and O–H groups in total. The van der Waals surface area contributed by atoms with Gasteiger partial charge in [0.1, 0.15) is 0 Å². The van der Waals surface area contributed by atoms with Crippen LogP contribution < -0.4 is 0 Å². The second-order valence-electron chi connectivity index (χ2n) is 5.13. The standard InChI is InChI=1S/C13H20O2/c1-10-4-3-5-11(8-10)13(2,14)12-6-7-15-9-12/h6-7,9-11,14H,3-5,8H2,1-2H3. The van der Waals surface area contributed by atoms with Gasteiger partial charge in [0.25, 0.3) is 0 Å². The van der Waals surface area contributed by atoms with Crippen molar-refractivity contribution in [2.24, 2.45) is 11.8 Å². The molecule has 15 heavy (non-hydrogen) atoms. The zero-order valence-electron chi connectivity index (χ0n) is 9.57. The van der Waals surface area contributed by atoms with Gasteiger partial charge in [0.15, 0.2) is 0 Å². The molecule has 0 radical (unpaired) electrons. The molecule has 1 aliphatic rings. The maximum atomic E-state index is 10.6. The molecule has 1 fully saturated rings. The molecule has 0 amide bonds. The van der Waals surface area contributed by atoms with Crippen LogP contribution in [-0.4, -0.2) is 5.11 Å². The van der Waals surface area contributed by atoms with Crippen LogP contribution in [0.5, 0.6) is 0 Å². The third-order valence-electron chi connectivity index (χ3n) is 3.84. The molecular formula is C13H20O2. The quantitative estimate of drug-likeness (QED) is 0.808. The minimum Gasteiger partial charge on any atom is -0.472 e. The molecule has 1 heterocycles. The summed E-state index contributed by atoms with van der Waals surface area (Å²) in [7, 11) is 0. The summed E-state index contributed by atoms with van der Waals surface area (Å²) in [5.41, 5.74) is 0.198. The van der Waals surface area contributed by atoms with Gasteiger partial charge in [-0.25, -0.2) is 0 Å². The highest BCUT2D eigenvalue weighted by Gasteiger charge is 2.36. The van der Waals surface area contributed by atoms with Gasteiger partial charge in [-0.2, -0.15) is 0 Å². The minimum absolute atomic E-state index is 0.374. The Morgan fingerprint density at radius 2 is 2.27 bits per heavy atom. The fraction of sp³-hybridized carbons (Fsp3) is 0.692. The molecule has 0 saturated heterocycles. The number of rotatable bonds is 2. The largest absolute Gasteiger partial charge is 0.472 e. The summed E-state index contributed by atoms with van der Waals surface area (Å²) < 4.78 is 5.06. The molecule has 2 nitrogen and oxygen atoms in total. The third kappa shape index (κ3) is 2.10. The Hall–Kier alpha value is -0.760. The summed E-state index contributed by atoms with van der Waals surface area (Å²) in [5, 5.41) is 10.6. The van der Waals surface area contributed by atoms with Crippen LogP contribution in [0.25, 0.3) is 0 Å². The molecule has 2 rings (SSSR count). The van der Waals surface area contributed by atoms with Gasteiger partial charge in [0.2, 0.25) is 0 Å². The Morgan fingerprint density at radius 1 is 1.47 bits per heavy atom. The molecule has 2 heteroatoms. The maximum absolute atomic E-state index is 10.6. The van der Waals surface area contributed by atoms with Crippen LogP contribution in [0.15, 0.2) is 23.0 Å². The molecule has 0 bridgehead atoms. The van der Waals surface area contributed by atoms with E-state index in [0.717, 1.165) is 24.3 Å². The van der Waals surface area contributed by atoms with Crippen LogP contribution in [-0.2, 0) is 5.60 Å². The number of hydrogen-bond donors (Lipinski definition) is 1. The first-order valence-electron chi connectivity index (χ1n) is 5.85. The van der Waals surface area contributed by atoms with E-state index in [0.29, 0.717) is 5.92 Å². The molecule has 1 aromatic heterocycles. The Kier molecular flexibility index (Phi) is 2.87. The molecule has 1 aromatic rings. The Bertz CT molecular complexity index is 300. The summed E-state index contributed by atoms with van der Waals surface area (Å²) in [5.74, 6) is 1.11. The highest BCUT2D eigenvalue weighted by molar-refractivity contribution is 5.16. The summed E-state index contributed by atoms with van der Waals surface area (Å²) in [6.45, 7) is 4.19. The van der Waals surface area contributed by atoms with E-state index < -0.39 is 5.60 Å². The molecule has 0 aliphatic heterocycles. The highest BCUT2D eigenvalue weighted by atomic mass is 16.3. The number of furan rings is 1. The molecule has 0 aromatic carbocycles. The number of hydrogen-bond acceptors (Lipinski definition) is 2. The molecule has 0 spiro atoms. The lowest BCUT2D eigenvalue weighted by atomic mass is 9.72. The monoisotopic (exact) mass is 208 g/mol. The van der Waals surface area contributed by atoms with E-state index in [2.05, 4.69) is 6.92 Å². The summed E-state index contributed by atoms with van der Waals surface area (Å²) in [4.78, 5) is 0. The smallest absolute Gasteiger partial charge is 0.0963 e. The van der Waals surface area contributed by atoms with Crippen molar-refractivity contribution >= 4 is 0 Å². The van der Waals surface area contributed by atoms with E-state index in [1.807, 2.05) is 13.0 Å². The zero-order chi connectivity index (χ0) is 10.9. The summed E-state index contributed by atoms with van der Waals surface area (Å²) in [6.07, 6.45) is 8.09. The van der Waals surface area contributed by atoms with Gasteiger partial charge < -0.3 is 9.52 Å². The average Bonchev–Trinajstić information content (AvgIpc) is 2.71. The van der Waals surface area contributed by atoms with E-state index >= 15 is 0 Å². The van der Waals surface area contributed by atoms with E-state index in [1.165, 1.54) is 12.8 Å². The molecule has 3 atom stereocenters. The fourth-order valence-corrected chi connectivity index (χ4v) is 2.73. The van der Waals surface area contributed by atoms with Crippen molar-refractivity contribution in [3.05, 3.63) is 24.2 Å². The van der Waals surface area contributed by atoms with Gasteiger partial charge in [-0.15, -0.1) is 0 Å². The topological polar surface area (TPSA) is 33.4 Å². The molecule has 84 valence electrons. The third-order valence-corrected chi connectivity index (χ3v) is 3.84. The lowest BCUT2D eigenvalue weighted by Gasteiger charge is -2.37. The van der Waals surface area contributed by atoms with Crippen LogP contribution in [0.4, 0.5) is 0 Å². The first-order chi connectivity index (χ1) is 7.10. The van der Waals surface area contributed by atoms with Crippen molar-refractivity contribution in [2.75, 3.05) is 0 Å². The van der Waals surface area contributed by atoms with Crippen LogP contribution in [0.2, 0.25) is 0 Å². The van der Waals surface area contributed by atoms with Crippen molar-refractivity contribution in [2.45, 2.75) is 45.1 Å². The Morgan fingerprint density at radius 3 is 2.87 bits per heavy atom. The van der Waals surface area contributed by atoms with Gasteiger partial charge in [-0.1, -0.05) is 19.8 Å². The maximum Gasteiger partial charge on any atom is 0.0963 e. The predicted molar refractivity (Wildman–Crippen MR) is 59.4 cm³/mol. The van der Waals surface area contributed by atoms with Crippen LogP contribution in [0.3, 0.4) is 0 Å². The van der Waals surface area contributed by atoms with E-state index in [4.69, 9.17) is 4.42 Å². The Balaban J connectivity index is 2.14. The van der Waals surface area contributed by atoms with Crippen molar-refractivity contribution in [3.8, 4) is 0 Å². The van der Waals surface area contributed by atoms with Crippen molar-refractivity contribution < 1.29 is 9.52 Å². The van der Waals surface area contributed by atoms with Crippen LogP contribution in [0, 0.1) is 11.8 Å². The molecule has 3 unspecified atom stereocenters. The second-order valence-corrected chi connectivity index (χ2v) is 5.13. The molecule has 1 saturated carbocycles. The first kappa shape index (κ1) is 10.7. The van der Waals surface area contributed by atoms with Crippen LogP contribution in [0.1, 0.15) is 45.1 Å². The SMILES string of the molecule is CC1CCCC(C(C)(O)c2ccoc2)C1. The molecular weight excluding hydrogens is 188 g/mol. The van der Waals surface area contributed by atoms with Gasteiger partial charge in [0, 0.05) is 5.56 Å². The predicted octanol–water partition coefficient (Wildman–Crippen LogP) is 3.31. The minimum atomic E-state index is -0.721. The van der Waals surface area contributed by atoms with Gasteiger partial charge >= 0.3 is 0 Å². The normalized spacial score (nSPS) is 31.1. The van der Waals surface area contributed by atoms with E-state index in [9.17, 15) is 5.11 Å². The van der Waals surface area contributed by atoms with Gasteiger partial charge in [-0.3, -0.25) is 0 Å². The highest BCUT2D eigenvalue weighted by Crippen LogP contribution is 2.41. The average molecular weight is 208 g/mol. The van der Waals surface area contributed by atoms with Gasteiger partial charge in [-0.05, 0) is 37.7 Å². The van der Waals surface area contributed by atoms with Crippen molar-refractivity contribution in [3.63, 3.8) is 0 Å². The van der Waals surface area contributed by atoms with Crippen molar-refractivity contribution in [1.29, 1.82) is 0 Å². The zero-order valence-corrected chi connectivity index (χ0v) is 9.57. The van der Waals surface area contributed by atoms with E-state index in [1.54, 1.807) is 12.5 Å². The lowest BCUT2D eigenvalue weighted by molar-refractivity contribution is -0.0298. The fourth-order valence-electron chi connectivity index (χ4n) is 2.73. The molecule has 1 aliphatic carbocycles. The van der Waals surface area contributed by atoms with E-state index in [-0.39, 0.29) is 0 Å². The summed E-state index contributed by atoms with van der Waals surface area (Å²) in [6, 6.07) is 1.87. The number of aliphatic hydroxyl groups is 1.